The Morgan fingerprint density at radius 1 is 1.03 bits per heavy atom. The molecule has 0 atom stereocenters. The maximum absolute atomic E-state index is 12.8. The molecule has 3 fully saturated rings. The smallest absolute Gasteiger partial charge is 0.243 e. The van der Waals surface area contributed by atoms with Crippen LogP contribution in [0, 0.1) is 5.41 Å². The predicted molar refractivity (Wildman–Crippen MR) is 115 cm³/mol. The molecule has 0 bridgehead atoms. The first-order valence-electron chi connectivity index (χ1n) is 11.1. The van der Waals surface area contributed by atoms with Crippen LogP contribution in [0.25, 0.3) is 0 Å². The minimum absolute atomic E-state index is 0.179. The van der Waals surface area contributed by atoms with E-state index in [-0.39, 0.29) is 36.2 Å². The third-order valence-corrected chi connectivity index (χ3v) is 8.54. The van der Waals surface area contributed by atoms with Gasteiger partial charge in [-0.3, -0.25) is 19.3 Å². The van der Waals surface area contributed by atoms with Gasteiger partial charge in [0.2, 0.25) is 27.7 Å². The first-order valence-corrected chi connectivity index (χ1v) is 12.5. The Morgan fingerprint density at radius 3 is 2.34 bits per heavy atom. The molecule has 1 N–H and O–H groups in total. The number of nitrogens with one attached hydrogen (secondary N) is 1. The zero-order valence-electron chi connectivity index (χ0n) is 18.0. The summed E-state index contributed by atoms with van der Waals surface area (Å²) in [4.78, 5) is 38.9. The average Bonchev–Trinajstić information content (AvgIpc) is 3.02. The van der Waals surface area contributed by atoms with Crippen molar-refractivity contribution < 1.29 is 27.5 Å². The number of likely N-dealkylation sites (tertiary alicyclic amines) is 1. The summed E-state index contributed by atoms with van der Waals surface area (Å²) in [6.45, 7) is 1.32. The van der Waals surface area contributed by atoms with Crippen LogP contribution >= 0.6 is 0 Å². The van der Waals surface area contributed by atoms with Crippen LogP contribution in [0.2, 0.25) is 0 Å². The molecule has 3 amide bonds. The van der Waals surface area contributed by atoms with Gasteiger partial charge in [-0.2, -0.15) is 4.31 Å². The maximum Gasteiger partial charge on any atom is 0.243 e. The molecular formula is C22H29N3O6S. The standard InChI is InChI=1S/C22H29N3O6S/c26-19(16-25-20(27)14-22(21(25)28)8-2-1-3-9-22)23-15-17-4-6-18(7-5-17)32(29,30)24-10-12-31-13-11-24/h4-7H,1-3,8-16H2,(H,23,26). The molecule has 0 aromatic heterocycles. The third kappa shape index (κ3) is 4.57. The van der Waals surface area contributed by atoms with Crippen molar-refractivity contribution in [2.75, 3.05) is 32.8 Å². The van der Waals surface area contributed by atoms with Gasteiger partial charge in [-0.25, -0.2) is 8.42 Å². The molecule has 2 heterocycles. The zero-order valence-corrected chi connectivity index (χ0v) is 18.9. The number of hydrogen-bond acceptors (Lipinski definition) is 6. The van der Waals surface area contributed by atoms with Crippen LogP contribution in [-0.2, 0) is 35.7 Å². The molecule has 10 heteroatoms. The normalized spacial score (nSPS) is 21.8. The number of carbonyl (C=O) groups excluding carboxylic acids is 3. The molecule has 9 nitrogen and oxygen atoms in total. The molecule has 0 unspecified atom stereocenters. The minimum Gasteiger partial charge on any atom is -0.379 e. The lowest BCUT2D eigenvalue weighted by Gasteiger charge is -2.30. The van der Waals surface area contributed by atoms with Gasteiger partial charge in [0.25, 0.3) is 0 Å². The number of benzene rings is 1. The largest absolute Gasteiger partial charge is 0.379 e. The van der Waals surface area contributed by atoms with Crippen molar-refractivity contribution in [3.05, 3.63) is 29.8 Å². The van der Waals surface area contributed by atoms with E-state index in [0.29, 0.717) is 26.3 Å². The molecule has 4 rings (SSSR count). The minimum atomic E-state index is -3.57. The van der Waals surface area contributed by atoms with Crippen LogP contribution in [0.3, 0.4) is 0 Å². The summed E-state index contributed by atoms with van der Waals surface area (Å²) >= 11 is 0. The van der Waals surface area contributed by atoms with Crippen LogP contribution in [0.5, 0.6) is 0 Å². The van der Waals surface area contributed by atoms with Gasteiger partial charge in [0.15, 0.2) is 0 Å². The second-order valence-electron chi connectivity index (χ2n) is 8.74. The fraction of sp³-hybridized carbons (Fsp3) is 0.591. The summed E-state index contributed by atoms with van der Waals surface area (Å²) in [6, 6.07) is 6.34. The molecule has 2 aliphatic heterocycles. The number of imide groups is 1. The van der Waals surface area contributed by atoms with E-state index in [4.69, 9.17) is 4.74 Å². The van der Waals surface area contributed by atoms with Crippen LogP contribution in [0.4, 0.5) is 0 Å². The molecule has 1 aliphatic carbocycles. The Bertz CT molecular complexity index is 979. The highest BCUT2D eigenvalue weighted by molar-refractivity contribution is 7.89. The van der Waals surface area contributed by atoms with E-state index in [9.17, 15) is 22.8 Å². The van der Waals surface area contributed by atoms with Crippen molar-refractivity contribution in [2.45, 2.75) is 50.0 Å². The number of carbonyl (C=O) groups is 3. The van der Waals surface area contributed by atoms with Gasteiger partial charge < -0.3 is 10.1 Å². The highest BCUT2D eigenvalue weighted by Gasteiger charge is 2.51. The Morgan fingerprint density at radius 2 is 1.69 bits per heavy atom. The average molecular weight is 464 g/mol. The summed E-state index contributed by atoms with van der Waals surface area (Å²) in [6.07, 6.45) is 4.60. The van der Waals surface area contributed by atoms with E-state index in [1.165, 1.54) is 16.4 Å². The number of rotatable bonds is 6. The first-order chi connectivity index (χ1) is 15.3. The first kappa shape index (κ1) is 22.9. The number of amides is 3. The molecule has 1 aromatic rings. The van der Waals surface area contributed by atoms with E-state index in [1.807, 2.05) is 0 Å². The molecule has 1 saturated carbocycles. The molecule has 174 valence electrons. The lowest BCUT2D eigenvalue weighted by atomic mass is 9.73. The van der Waals surface area contributed by atoms with Crippen LogP contribution < -0.4 is 5.32 Å². The number of hydrogen-bond donors (Lipinski definition) is 1. The third-order valence-electron chi connectivity index (χ3n) is 6.62. The van der Waals surface area contributed by atoms with Gasteiger partial charge in [-0.1, -0.05) is 31.4 Å². The van der Waals surface area contributed by atoms with Crippen molar-refractivity contribution in [3.8, 4) is 0 Å². The monoisotopic (exact) mass is 463 g/mol. The van der Waals surface area contributed by atoms with Crippen LogP contribution in [0.15, 0.2) is 29.2 Å². The molecule has 2 saturated heterocycles. The van der Waals surface area contributed by atoms with Gasteiger partial charge in [0.05, 0.1) is 23.5 Å². The fourth-order valence-electron chi connectivity index (χ4n) is 4.75. The van der Waals surface area contributed by atoms with Crippen molar-refractivity contribution >= 4 is 27.7 Å². The quantitative estimate of drug-likeness (QED) is 0.631. The van der Waals surface area contributed by atoms with Crippen molar-refractivity contribution in [1.29, 1.82) is 0 Å². The number of morpholine rings is 1. The molecule has 1 aromatic carbocycles. The molecule has 3 aliphatic rings. The Balaban J connectivity index is 1.31. The zero-order chi connectivity index (χ0) is 22.8. The lowest BCUT2D eigenvalue weighted by Crippen LogP contribution is -2.42. The maximum atomic E-state index is 12.8. The molecule has 0 radical (unpaired) electrons. The number of nitrogens with zero attached hydrogens (tertiary/aromatic N) is 2. The second kappa shape index (κ2) is 9.29. The second-order valence-corrected chi connectivity index (χ2v) is 10.7. The highest BCUT2D eigenvalue weighted by atomic mass is 32.2. The Kier molecular flexibility index (Phi) is 6.64. The number of sulfonamides is 1. The van der Waals surface area contributed by atoms with Crippen molar-refractivity contribution in [2.24, 2.45) is 5.41 Å². The summed E-state index contributed by atoms with van der Waals surface area (Å²) in [7, 11) is -3.57. The van der Waals surface area contributed by atoms with Crippen molar-refractivity contribution in [3.63, 3.8) is 0 Å². The van der Waals surface area contributed by atoms with Crippen molar-refractivity contribution in [1.82, 2.24) is 14.5 Å². The van der Waals surface area contributed by atoms with Gasteiger partial charge in [0, 0.05) is 26.1 Å². The lowest BCUT2D eigenvalue weighted by molar-refractivity contribution is -0.145. The SMILES string of the molecule is O=C(CN1C(=O)CC2(CCCCC2)C1=O)NCc1ccc(S(=O)(=O)N2CCOCC2)cc1. The predicted octanol–water partition coefficient (Wildman–Crippen LogP) is 1.03. The summed E-state index contributed by atoms with van der Waals surface area (Å²) in [5.74, 6) is -0.899. The van der Waals surface area contributed by atoms with Gasteiger partial charge >= 0.3 is 0 Å². The van der Waals surface area contributed by atoms with E-state index in [2.05, 4.69) is 5.32 Å². The molecular weight excluding hydrogens is 434 g/mol. The Hall–Kier alpha value is -2.30. The van der Waals surface area contributed by atoms with Gasteiger partial charge in [-0.05, 0) is 30.5 Å². The Labute approximate surface area is 188 Å². The molecule has 32 heavy (non-hydrogen) atoms. The van der Waals surface area contributed by atoms with Crippen LogP contribution in [0.1, 0.15) is 44.1 Å². The summed E-state index contributed by atoms with van der Waals surface area (Å²) in [5, 5.41) is 2.72. The fourth-order valence-corrected chi connectivity index (χ4v) is 6.16. The van der Waals surface area contributed by atoms with E-state index >= 15 is 0 Å². The van der Waals surface area contributed by atoms with E-state index in [1.54, 1.807) is 12.1 Å². The van der Waals surface area contributed by atoms with E-state index in [0.717, 1.165) is 42.6 Å². The summed E-state index contributed by atoms with van der Waals surface area (Å²) in [5.41, 5.74) is 0.124. The van der Waals surface area contributed by atoms with Gasteiger partial charge in [0.1, 0.15) is 6.54 Å². The van der Waals surface area contributed by atoms with Crippen LogP contribution in [-0.4, -0.2) is 68.2 Å². The van der Waals surface area contributed by atoms with E-state index < -0.39 is 21.3 Å². The summed E-state index contributed by atoms with van der Waals surface area (Å²) < 4.78 is 32.0. The van der Waals surface area contributed by atoms with Gasteiger partial charge in [-0.15, -0.1) is 0 Å². The number of ether oxygens (including phenoxy) is 1. The topological polar surface area (TPSA) is 113 Å². The highest BCUT2D eigenvalue weighted by Crippen LogP contribution is 2.45. The molecule has 1 spiro atoms.